The molecule has 3 atom stereocenters. The molecule has 1 aliphatic heterocycles. The minimum atomic E-state index is -1.17. The average molecular weight is 617 g/mol. The molecule has 45 heavy (non-hydrogen) atoms. The van der Waals surface area contributed by atoms with Crippen molar-refractivity contribution in [2.24, 2.45) is 5.73 Å². The second-order valence-electron chi connectivity index (χ2n) is 11.9. The summed E-state index contributed by atoms with van der Waals surface area (Å²) in [6.45, 7) is 5.58. The Morgan fingerprint density at radius 1 is 1.04 bits per heavy atom. The van der Waals surface area contributed by atoms with Gasteiger partial charge in [0.05, 0.1) is 18.5 Å². The van der Waals surface area contributed by atoms with Crippen LogP contribution in [0.5, 0.6) is 0 Å². The molecule has 3 amide bonds. The van der Waals surface area contributed by atoms with Gasteiger partial charge in [0.1, 0.15) is 18.1 Å². The summed E-state index contributed by atoms with van der Waals surface area (Å²) in [5, 5.41) is 5.60. The topological polar surface area (TPSA) is 149 Å². The van der Waals surface area contributed by atoms with Crippen LogP contribution < -0.4 is 16.4 Å². The van der Waals surface area contributed by atoms with Crippen molar-refractivity contribution in [1.29, 1.82) is 0 Å². The van der Waals surface area contributed by atoms with E-state index >= 15 is 0 Å². The molecule has 1 saturated heterocycles. The van der Waals surface area contributed by atoms with E-state index in [1.165, 1.54) is 6.33 Å². The number of nitrogens with one attached hydrogen (secondary N) is 2. The fourth-order valence-corrected chi connectivity index (χ4v) is 5.44. The number of rotatable bonds is 13. The number of esters is 1. The van der Waals surface area contributed by atoms with Gasteiger partial charge < -0.3 is 30.6 Å². The molecular weight excluding hydrogens is 572 g/mol. The molecule has 4 rings (SSSR count). The molecule has 3 unspecified atom stereocenters. The Bertz CT molecular complexity index is 1440. The van der Waals surface area contributed by atoms with Crippen LogP contribution in [0.3, 0.4) is 0 Å². The van der Waals surface area contributed by atoms with Crippen molar-refractivity contribution in [2.75, 3.05) is 18.5 Å². The molecule has 3 aromatic rings. The van der Waals surface area contributed by atoms with E-state index < -0.39 is 41.4 Å². The fraction of sp³-hybridized carbons (Fsp3) is 0.441. The van der Waals surface area contributed by atoms with E-state index in [9.17, 15) is 19.2 Å². The summed E-state index contributed by atoms with van der Waals surface area (Å²) in [4.78, 5) is 59.1. The molecule has 0 radical (unpaired) electrons. The minimum absolute atomic E-state index is 0.226. The lowest BCUT2D eigenvalue weighted by atomic mass is 9.98. The number of amides is 3. The number of carbonyl (C=O) groups is 4. The summed E-state index contributed by atoms with van der Waals surface area (Å²) in [6.07, 6.45) is 7.01. The highest BCUT2D eigenvalue weighted by Crippen LogP contribution is 2.27. The predicted molar refractivity (Wildman–Crippen MR) is 171 cm³/mol. The Morgan fingerprint density at radius 2 is 1.73 bits per heavy atom. The Balaban J connectivity index is 1.54. The van der Waals surface area contributed by atoms with E-state index in [1.54, 1.807) is 36.4 Å². The first kappa shape index (κ1) is 33.4. The van der Waals surface area contributed by atoms with Crippen molar-refractivity contribution >= 4 is 29.5 Å². The summed E-state index contributed by atoms with van der Waals surface area (Å²) >= 11 is 0. The summed E-state index contributed by atoms with van der Waals surface area (Å²) in [7, 11) is 0. The molecule has 2 heterocycles. The maximum atomic E-state index is 14.1. The monoisotopic (exact) mass is 616 g/mol. The van der Waals surface area contributed by atoms with Gasteiger partial charge in [-0.25, -0.2) is 9.78 Å². The highest BCUT2D eigenvalue weighted by molar-refractivity contribution is 5.98. The summed E-state index contributed by atoms with van der Waals surface area (Å²) in [5.74, 6) is -1.32. The summed E-state index contributed by atoms with van der Waals surface area (Å²) < 4.78 is 6.92. The molecule has 1 aliphatic rings. The first-order chi connectivity index (χ1) is 21.6. The molecule has 1 aromatic heterocycles. The standard InChI is InChI=1S/C34H44N6O5/c1-4-45-32(43)27-20-11-12-21-40(27)31(42)29(25-17-9-6-10-18-25)39-22-28(36-23-39)38-30(41)26(37-33(44)34(2,3)35)19-13-16-24-14-7-5-8-15-24/h5-10,14-15,17-18,22-23,26-27,29H,4,11-13,16,19-21,35H2,1-3H3,(H,37,44)(H,38,41). The predicted octanol–water partition coefficient (Wildman–Crippen LogP) is 3.60. The van der Waals surface area contributed by atoms with Gasteiger partial charge in [0.2, 0.25) is 11.8 Å². The Kier molecular flexibility index (Phi) is 11.5. The maximum Gasteiger partial charge on any atom is 0.328 e. The largest absolute Gasteiger partial charge is 0.464 e. The number of piperidine rings is 1. The molecule has 4 N–H and O–H groups in total. The third-order valence-electron chi connectivity index (χ3n) is 7.85. The van der Waals surface area contributed by atoms with Gasteiger partial charge in [-0.1, -0.05) is 60.7 Å². The number of anilines is 1. The number of aryl methyl sites for hydroxylation is 1. The van der Waals surface area contributed by atoms with Crippen molar-refractivity contribution in [1.82, 2.24) is 19.8 Å². The quantitative estimate of drug-likeness (QED) is 0.249. The summed E-state index contributed by atoms with van der Waals surface area (Å²) in [5.41, 5.74) is 6.68. The van der Waals surface area contributed by atoms with E-state index in [4.69, 9.17) is 10.5 Å². The third kappa shape index (κ3) is 9.01. The number of imidazole rings is 1. The zero-order valence-corrected chi connectivity index (χ0v) is 26.3. The highest BCUT2D eigenvalue weighted by Gasteiger charge is 2.38. The van der Waals surface area contributed by atoms with Crippen LogP contribution in [-0.4, -0.2) is 68.9 Å². The van der Waals surface area contributed by atoms with Crippen LogP contribution in [0.15, 0.2) is 73.2 Å². The van der Waals surface area contributed by atoms with E-state index in [-0.39, 0.29) is 18.3 Å². The van der Waals surface area contributed by atoms with Gasteiger partial charge in [0.15, 0.2) is 5.82 Å². The lowest BCUT2D eigenvalue weighted by Crippen LogP contribution is -2.54. The number of ether oxygens (including phenoxy) is 1. The third-order valence-corrected chi connectivity index (χ3v) is 7.85. The van der Waals surface area contributed by atoms with Crippen molar-refractivity contribution in [2.45, 2.75) is 83.0 Å². The first-order valence-corrected chi connectivity index (χ1v) is 15.6. The number of benzene rings is 2. The molecule has 0 spiro atoms. The van der Waals surface area contributed by atoms with Gasteiger partial charge in [-0.3, -0.25) is 14.4 Å². The number of aromatic nitrogens is 2. The van der Waals surface area contributed by atoms with Crippen molar-refractivity contribution in [3.8, 4) is 0 Å². The average Bonchev–Trinajstić information content (AvgIpc) is 3.48. The van der Waals surface area contributed by atoms with E-state index in [1.807, 2.05) is 60.7 Å². The van der Waals surface area contributed by atoms with Gasteiger partial charge in [-0.15, -0.1) is 0 Å². The van der Waals surface area contributed by atoms with Gasteiger partial charge in [0, 0.05) is 12.7 Å². The van der Waals surface area contributed by atoms with Crippen LogP contribution in [0, 0.1) is 0 Å². The highest BCUT2D eigenvalue weighted by atomic mass is 16.5. The number of nitrogens with zero attached hydrogens (tertiary/aromatic N) is 3. The number of hydrogen-bond donors (Lipinski definition) is 3. The van der Waals surface area contributed by atoms with Crippen LogP contribution in [0.4, 0.5) is 5.82 Å². The fourth-order valence-electron chi connectivity index (χ4n) is 5.44. The zero-order chi connectivity index (χ0) is 32.4. The molecule has 0 bridgehead atoms. The Morgan fingerprint density at radius 3 is 2.40 bits per heavy atom. The van der Waals surface area contributed by atoms with E-state index in [0.717, 1.165) is 24.8 Å². The van der Waals surface area contributed by atoms with E-state index in [0.29, 0.717) is 31.4 Å². The molecular formula is C34H44N6O5. The molecule has 0 saturated carbocycles. The number of hydrogen-bond acceptors (Lipinski definition) is 7. The Labute approximate surface area is 264 Å². The lowest BCUT2D eigenvalue weighted by Gasteiger charge is -2.36. The zero-order valence-electron chi connectivity index (χ0n) is 26.3. The van der Waals surface area contributed by atoms with Crippen molar-refractivity contribution in [3.05, 3.63) is 84.3 Å². The summed E-state index contributed by atoms with van der Waals surface area (Å²) in [6, 6.07) is 16.8. The minimum Gasteiger partial charge on any atom is -0.464 e. The molecule has 0 aliphatic carbocycles. The van der Waals surface area contributed by atoms with Crippen LogP contribution >= 0.6 is 0 Å². The SMILES string of the molecule is CCOC(=O)C1CCCCN1C(=O)C(c1ccccc1)n1cnc(NC(=O)C(CCCc2ccccc2)NC(=O)C(C)(C)N)c1. The number of likely N-dealkylation sites (tertiary alicyclic amines) is 1. The first-order valence-electron chi connectivity index (χ1n) is 15.6. The maximum absolute atomic E-state index is 14.1. The molecule has 1 fully saturated rings. The van der Waals surface area contributed by atoms with Crippen molar-refractivity contribution in [3.63, 3.8) is 0 Å². The Hall–Kier alpha value is -4.51. The molecule has 11 nitrogen and oxygen atoms in total. The lowest BCUT2D eigenvalue weighted by molar-refractivity contribution is -0.157. The van der Waals surface area contributed by atoms with Gasteiger partial charge in [0.25, 0.3) is 5.91 Å². The molecule has 2 aromatic carbocycles. The molecule has 11 heteroatoms. The van der Waals surface area contributed by atoms with E-state index in [2.05, 4.69) is 15.6 Å². The second kappa shape index (κ2) is 15.5. The van der Waals surface area contributed by atoms with Crippen LogP contribution in [0.1, 0.15) is 70.0 Å². The van der Waals surface area contributed by atoms with Gasteiger partial charge >= 0.3 is 5.97 Å². The second-order valence-corrected chi connectivity index (χ2v) is 11.9. The smallest absolute Gasteiger partial charge is 0.328 e. The molecule has 240 valence electrons. The van der Waals surface area contributed by atoms with Gasteiger partial charge in [-0.05, 0) is 70.4 Å². The van der Waals surface area contributed by atoms with Crippen LogP contribution in [-0.2, 0) is 30.3 Å². The normalized spacial score (nSPS) is 16.4. The van der Waals surface area contributed by atoms with Crippen LogP contribution in [0.25, 0.3) is 0 Å². The van der Waals surface area contributed by atoms with Crippen LogP contribution in [0.2, 0.25) is 0 Å². The number of nitrogens with two attached hydrogens (primary N) is 1. The number of carbonyl (C=O) groups excluding carboxylic acids is 4. The van der Waals surface area contributed by atoms with Gasteiger partial charge in [-0.2, -0.15) is 0 Å². The van der Waals surface area contributed by atoms with Crippen molar-refractivity contribution < 1.29 is 23.9 Å².